The van der Waals surface area contributed by atoms with Crippen LogP contribution in [0, 0.1) is 0 Å². The van der Waals surface area contributed by atoms with Gasteiger partial charge in [-0.15, -0.1) is 0 Å². The van der Waals surface area contributed by atoms with Gasteiger partial charge in [0, 0.05) is 36.8 Å². The summed E-state index contributed by atoms with van der Waals surface area (Å²) in [5.41, 5.74) is 3.55. The van der Waals surface area contributed by atoms with Crippen LogP contribution < -0.4 is 19.5 Å². The number of benzene rings is 2. The van der Waals surface area contributed by atoms with E-state index in [2.05, 4.69) is 10.3 Å². The van der Waals surface area contributed by atoms with E-state index in [9.17, 15) is 4.79 Å². The first-order valence-electron chi connectivity index (χ1n) is 11.6. The quantitative estimate of drug-likeness (QED) is 0.352. The maximum Gasteiger partial charge on any atom is 0.221 e. The first kappa shape index (κ1) is 24.1. The molecule has 0 radical (unpaired) electrons. The molecular formula is C28H31N3O4. The van der Waals surface area contributed by atoms with E-state index >= 15 is 0 Å². The highest BCUT2D eigenvalue weighted by atomic mass is 16.5. The Morgan fingerprint density at radius 2 is 1.71 bits per heavy atom. The fourth-order valence-electron chi connectivity index (χ4n) is 4.10. The fraction of sp³-hybridized carbons (Fsp3) is 0.286. The maximum absolute atomic E-state index is 12.9. The second kappa shape index (κ2) is 11.0. The van der Waals surface area contributed by atoms with Crippen molar-refractivity contribution in [1.29, 1.82) is 0 Å². The summed E-state index contributed by atoms with van der Waals surface area (Å²) in [6.45, 7) is 4.34. The van der Waals surface area contributed by atoms with Gasteiger partial charge in [0.1, 0.15) is 18.1 Å². The number of carbonyl (C=O) groups is 1. The summed E-state index contributed by atoms with van der Waals surface area (Å²) in [6.07, 6.45) is 4.00. The van der Waals surface area contributed by atoms with Crippen LogP contribution in [-0.2, 0) is 11.4 Å². The van der Waals surface area contributed by atoms with Crippen molar-refractivity contribution in [3.8, 4) is 17.2 Å². The van der Waals surface area contributed by atoms with Crippen molar-refractivity contribution < 1.29 is 19.0 Å². The van der Waals surface area contributed by atoms with Gasteiger partial charge in [-0.2, -0.15) is 0 Å². The number of rotatable bonds is 10. The number of hydrogen-bond acceptors (Lipinski definition) is 5. The molecule has 1 N–H and O–H groups in total. The Labute approximate surface area is 205 Å². The molecule has 2 aromatic carbocycles. The topological polar surface area (TPSA) is 74.1 Å². The minimum absolute atomic E-state index is 0.0433. The van der Waals surface area contributed by atoms with E-state index in [0.29, 0.717) is 29.5 Å². The van der Waals surface area contributed by atoms with Crippen LogP contribution in [0.2, 0.25) is 0 Å². The largest absolute Gasteiger partial charge is 0.497 e. The number of methoxy groups -OCH3 is 2. The lowest BCUT2D eigenvalue weighted by Gasteiger charge is -2.20. The average Bonchev–Trinajstić information content (AvgIpc) is 3.30. The van der Waals surface area contributed by atoms with Gasteiger partial charge in [-0.1, -0.05) is 30.3 Å². The maximum atomic E-state index is 12.9. The number of nitrogens with one attached hydrogen (secondary N) is 1. The molecule has 182 valence electrons. The molecule has 1 unspecified atom stereocenters. The van der Waals surface area contributed by atoms with Crippen LogP contribution >= 0.6 is 0 Å². The summed E-state index contributed by atoms with van der Waals surface area (Å²) in [5.74, 6) is 1.68. The summed E-state index contributed by atoms with van der Waals surface area (Å²) in [7, 11) is 3.23. The molecule has 4 rings (SSSR count). The molecule has 0 aliphatic rings. The van der Waals surface area contributed by atoms with Crippen molar-refractivity contribution in [3.63, 3.8) is 0 Å². The number of nitrogens with zero attached hydrogens (tertiary/aromatic N) is 2. The molecule has 0 aliphatic carbocycles. The smallest absolute Gasteiger partial charge is 0.221 e. The number of aromatic nitrogens is 2. The van der Waals surface area contributed by atoms with Crippen LogP contribution in [0.25, 0.3) is 5.65 Å². The molecular weight excluding hydrogens is 442 g/mol. The molecule has 0 aliphatic heterocycles. The lowest BCUT2D eigenvalue weighted by molar-refractivity contribution is -0.121. The summed E-state index contributed by atoms with van der Waals surface area (Å²) in [6, 6.07) is 19.6. The first-order chi connectivity index (χ1) is 17.0. The Hall–Kier alpha value is -4.00. The van der Waals surface area contributed by atoms with Gasteiger partial charge in [0.05, 0.1) is 19.9 Å². The lowest BCUT2D eigenvalue weighted by atomic mass is 9.91. The number of pyridine rings is 1. The van der Waals surface area contributed by atoms with Crippen molar-refractivity contribution in [3.05, 3.63) is 89.9 Å². The van der Waals surface area contributed by atoms with Gasteiger partial charge < -0.3 is 23.9 Å². The fourth-order valence-corrected chi connectivity index (χ4v) is 4.10. The zero-order valence-corrected chi connectivity index (χ0v) is 20.5. The van der Waals surface area contributed by atoms with Crippen LogP contribution in [0.1, 0.15) is 43.0 Å². The van der Waals surface area contributed by atoms with E-state index in [0.717, 1.165) is 16.8 Å². The number of amides is 1. The van der Waals surface area contributed by atoms with Gasteiger partial charge >= 0.3 is 0 Å². The Morgan fingerprint density at radius 3 is 2.37 bits per heavy atom. The minimum atomic E-state index is -0.280. The van der Waals surface area contributed by atoms with E-state index in [4.69, 9.17) is 14.2 Å². The molecule has 7 heteroatoms. The van der Waals surface area contributed by atoms with E-state index in [1.54, 1.807) is 14.2 Å². The molecule has 7 nitrogen and oxygen atoms in total. The molecule has 1 amide bonds. The summed E-state index contributed by atoms with van der Waals surface area (Å²) >= 11 is 0. The van der Waals surface area contributed by atoms with Gasteiger partial charge in [0.2, 0.25) is 5.91 Å². The zero-order valence-electron chi connectivity index (χ0n) is 20.5. The van der Waals surface area contributed by atoms with Gasteiger partial charge in [-0.25, -0.2) is 4.98 Å². The van der Waals surface area contributed by atoms with E-state index in [-0.39, 0.29) is 24.3 Å². The molecule has 1 atom stereocenters. The van der Waals surface area contributed by atoms with Crippen molar-refractivity contribution >= 4 is 11.6 Å². The second-order valence-corrected chi connectivity index (χ2v) is 8.65. The molecule has 0 fully saturated rings. The van der Waals surface area contributed by atoms with E-state index in [1.807, 2.05) is 91.3 Å². The highest BCUT2D eigenvalue weighted by Gasteiger charge is 2.24. The van der Waals surface area contributed by atoms with Gasteiger partial charge in [0.25, 0.3) is 0 Å². The second-order valence-electron chi connectivity index (χ2n) is 8.65. The van der Waals surface area contributed by atoms with Gasteiger partial charge in [0.15, 0.2) is 11.4 Å². The predicted octanol–water partition coefficient (Wildman–Crippen LogP) is 4.98. The molecule has 0 saturated carbocycles. The third-order valence-electron chi connectivity index (χ3n) is 5.74. The highest BCUT2D eigenvalue weighted by molar-refractivity contribution is 5.78. The summed E-state index contributed by atoms with van der Waals surface area (Å²) in [5, 5.41) is 3.00. The SMILES string of the molecule is COc1cc(OC)cc(C(CC(=O)NC(C)C)c2cnc3c(OCc4ccccc4)cccn23)c1. The van der Waals surface area contributed by atoms with Crippen molar-refractivity contribution in [2.24, 2.45) is 0 Å². The van der Waals surface area contributed by atoms with Crippen LogP contribution in [0.3, 0.4) is 0 Å². The number of hydrogen-bond donors (Lipinski definition) is 1. The van der Waals surface area contributed by atoms with Crippen molar-refractivity contribution in [2.75, 3.05) is 14.2 Å². The van der Waals surface area contributed by atoms with E-state index in [1.165, 1.54) is 0 Å². The van der Waals surface area contributed by atoms with Crippen molar-refractivity contribution in [2.45, 2.75) is 38.8 Å². The molecule has 0 bridgehead atoms. The molecule has 2 heterocycles. The number of imidazole rings is 1. The minimum Gasteiger partial charge on any atom is -0.497 e. The standard InChI is InChI=1S/C28H31N3O4/c1-19(2)30-27(32)16-24(21-13-22(33-3)15-23(14-21)34-4)25-17-29-28-26(11-8-12-31(25)28)35-18-20-9-6-5-7-10-20/h5-15,17,19,24H,16,18H2,1-4H3,(H,30,32). The molecule has 4 aromatic rings. The molecule has 0 saturated heterocycles. The average molecular weight is 474 g/mol. The molecule has 2 aromatic heterocycles. The first-order valence-corrected chi connectivity index (χ1v) is 11.6. The number of fused-ring (bicyclic) bond motifs is 1. The normalized spacial score (nSPS) is 11.9. The molecule has 35 heavy (non-hydrogen) atoms. The number of ether oxygens (including phenoxy) is 3. The Morgan fingerprint density at radius 1 is 1.00 bits per heavy atom. The van der Waals surface area contributed by atoms with Crippen LogP contribution in [0.4, 0.5) is 0 Å². The predicted molar refractivity (Wildman–Crippen MR) is 135 cm³/mol. The summed E-state index contributed by atoms with van der Waals surface area (Å²) in [4.78, 5) is 17.6. The lowest BCUT2D eigenvalue weighted by Crippen LogP contribution is -2.31. The Balaban J connectivity index is 1.73. The number of carbonyl (C=O) groups excluding carboxylic acids is 1. The van der Waals surface area contributed by atoms with Gasteiger partial charge in [-0.05, 0) is 49.2 Å². The van der Waals surface area contributed by atoms with Crippen LogP contribution in [-0.4, -0.2) is 35.6 Å². The highest BCUT2D eigenvalue weighted by Crippen LogP contribution is 2.35. The van der Waals surface area contributed by atoms with Crippen LogP contribution in [0.15, 0.2) is 73.1 Å². The summed E-state index contributed by atoms with van der Waals surface area (Å²) < 4.78 is 19.1. The Kier molecular flexibility index (Phi) is 7.55. The Bertz CT molecular complexity index is 1260. The third kappa shape index (κ3) is 5.74. The third-order valence-corrected chi connectivity index (χ3v) is 5.74. The monoisotopic (exact) mass is 473 g/mol. The zero-order chi connectivity index (χ0) is 24.8. The van der Waals surface area contributed by atoms with Crippen LogP contribution in [0.5, 0.6) is 17.2 Å². The van der Waals surface area contributed by atoms with Gasteiger partial charge in [-0.3, -0.25) is 4.79 Å². The van der Waals surface area contributed by atoms with E-state index < -0.39 is 0 Å². The van der Waals surface area contributed by atoms with Crippen molar-refractivity contribution in [1.82, 2.24) is 14.7 Å². The molecule has 0 spiro atoms.